The Balaban J connectivity index is 2.31. The summed E-state index contributed by atoms with van der Waals surface area (Å²) in [6.07, 6.45) is 1.02. The number of hydrogen-bond donors (Lipinski definition) is 1. The molecule has 0 aliphatic carbocycles. The predicted octanol–water partition coefficient (Wildman–Crippen LogP) is 4.53. The van der Waals surface area contributed by atoms with Crippen LogP contribution in [-0.4, -0.2) is 7.05 Å². The second-order valence-electron chi connectivity index (χ2n) is 4.42. The largest absolute Gasteiger partial charge is 0.459 e. The minimum Gasteiger partial charge on any atom is -0.459 e. The van der Waals surface area contributed by atoms with Crippen LogP contribution in [0.2, 0.25) is 0 Å². The molecule has 1 atom stereocenters. The van der Waals surface area contributed by atoms with Gasteiger partial charge in [-0.2, -0.15) is 0 Å². The number of hydrogen-bond acceptors (Lipinski definition) is 2. The van der Waals surface area contributed by atoms with Crippen molar-refractivity contribution in [3.63, 3.8) is 0 Å². The molecule has 1 unspecified atom stereocenters. The summed E-state index contributed by atoms with van der Waals surface area (Å²) in [5.41, 5.74) is 2.44. The fourth-order valence-electron chi connectivity index (χ4n) is 1.99. The molecule has 96 valence electrons. The van der Waals surface area contributed by atoms with Gasteiger partial charge in [0, 0.05) is 9.13 Å². The van der Waals surface area contributed by atoms with Crippen LogP contribution in [0.5, 0.6) is 0 Å². The summed E-state index contributed by atoms with van der Waals surface area (Å²) >= 11 is 2.36. The van der Waals surface area contributed by atoms with Gasteiger partial charge in [0.2, 0.25) is 0 Å². The summed E-state index contributed by atoms with van der Waals surface area (Å²) in [5.74, 6) is 1.95. The van der Waals surface area contributed by atoms with Crippen molar-refractivity contribution in [2.75, 3.05) is 7.05 Å². The van der Waals surface area contributed by atoms with Crippen LogP contribution in [0.3, 0.4) is 0 Å². The van der Waals surface area contributed by atoms with E-state index in [1.54, 1.807) is 0 Å². The highest BCUT2D eigenvalue weighted by molar-refractivity contribution is 14.1. The van der Waals surface area contributed by atoms with Crippen LogP contribution >= 0.6 is 22.6 Å². The van der Waals surface area contributed by atoms with Crippen LogP contribution < -0.4 is 5.32 Å². The van der Waals surface area contributed by atoms with Crippen molar-refractivity contribution in [2.24, 2.45) is 0 Å². The van der Waals surface area contributed by atoms with Gasteiger partial charge in [-0.1, -0.05) is 19.1 Å². The van der Waals surface area contributed by atoms with Crippen LogP contribution in [0, 0.1) is 10.5 Å². The Morgan fingerprint density at radius 3 is 2.67 bits per heavy atom. The summed E-state index contributed by atoms with van der Waals surface area (Å²) in [6, 6.07) is 10.8. The molecule has 0 aliphatic rings. The monoisotopic (exact) mass is 355 g/mol. The van der Waals surface area contributed by atoms with Gasteiger partial charge in [-0.15, -0.1) is 0 Å². The Morgan fingerprint density at radius 1 is 1.28 bits per heavy atom. The first kappa shape index (κ1) is 13.6. The lowest BCUT2D eigenvalue weighted by molar-refractivity contribution is 0.431. The third kappa shape index (κ3) is 2.78. The van der Waals surface area contributed by atoms with Gasteiger partial charge in [0.1, 0.15) is 11.5 Å². The second-order valence-corrected chi connectivity index (χ2v) is 5.58. The van der Waals surface area contributed by atoms with E-state index in [4.69, 9.17) is 4.42 Å². The summed E-state index contributed by atoms with van der Waals surface area (Å²) in [6.45, 7) is 4.27. The van der Waals surface area contributed by atoms with Crippen LogP contribution in [0.1, 0.15) is 30.7 Å². The van der Waals surface area contributed by atoms with Gasteiger partial charge in [-0.05, 0) is 66.7 Å². The third-order valence-electron chi connectivity index (χ3n) is 3.18. The summed E-state index contributed by atoms with van der Waals surface area (Å²) in [4.78, 5) is 0. The lowest BCUT2D eigenvalue weighted by Crippen LogP contribution is -2.14. The standard InChI is InChI=1S/C15H18INO/c1-4-13(17-3)15-8-7-14(18-15)11-6-5-10(2)12(16)9-11/h5-9,13,17H,4H2,1-3H3. The van der Waals surface area contributed by atoms with E-state index in [9.17, 15) is 0 Å². The minimum atomic E-state index is 0.295. The third-order valence-corrected chi connectivity index (χ3v) is 4.35. The molecule has 18 heavy (non-hydrogen) atoms. The molecule has 0 aliphatic heterocycles. The highest BCUT2D eigenvalue weighted by Gasteiger charge is 2.12. The van der Waals surface area contributed by atoms with Gasteiger partial charge in [-0.25, -0.2) is 0 Å². The molecule has 0 radical (unpaired) electrons. The highest BCUT2D eigenvalue weighted by Crippen LogP contribution is 2.28. The van der Waals surface area contributed by atoms with E-state index in [0.717, 1.165) is 23.5 Å². The van der Waals surface area contributed by atoms with E-state index in [2.05, 4.69) is 72.1 Å². The number of rotatable bonds is 4. The molecule has 2 nitrogen and oxygen atoms in total. The van der Waals surface area contributed by atoms with E-state index >= 15 is 0 Å². The van der Waals surface area contributed by atoms with Crippen LogP contribution in [-0.2, 0) is 0 Å². The zero-order valence-electron chi connectivity index (χ0n) is 11.0. The van der Waals surface area contributed by atoms with Crippen molar-refractivity contribution in [3.8, 4) is 11.3 Å². The summed E-state index contributed by atoms with van der Waals surface area (Å²) in [5, 5.41) is 3.26. The van der Waals surface area contributed by atoms with Gasteiger partial charge >= 0.3 is 0 Å². The summed E-state index contributed by atoms with van der Waals surface area (Å²) < 4.78 is 7.21. The van der Waals surface area contributed by atoms with E-state index in [-0.39, 0.29) is 0 Å². The van der Waals surface area contributed by atoms with Crippen molar-refractivity contribution in [1.29, 1.82) is 0 Å². The molecule has 1 heterocycles. The molecule has 1 aromatic carbocycles. The van der Waals surface area contributed by atoms with Crippen LogP contribution in [0.25, 0.3) is 11.3 Å². The first-order chi connectivity index (χ1) is 8.65. The maximum absolute atomic E-state index is 5.94. The van der Waals surface area contributed by atoms with Crippen molar-refractivity contribution in [3.05, 3.63) is 45.2 Å². The quantitative estimate of drug-likeness (QED) is 0.816. The lowest BCUT2D eigenvalue weighted by Gasteiger charge is -2.10. The van der Waals surface area contributed by atoms with Crippen LogP contribution in [0.15, 0.2) is 34.7 Å². The highest BCUT2D eigenvalue weighted by atomic mass is 127. The number of nitrogens with one attached hydrogen (secondary N) is 1. The average Bonchev–Trinajstić information content (AvgIpc) is 2.84. The Morgan fingerprint density at radius 2 is 2.06 bits per heavy atom. The van der Waals surface area contributed by atoms with Gasteiger partial charge in [-0.3, -0.25) is 0 Å². The first-order valence-electron chi connectivity index (χ1n) is 6.19. The fourth-order valence-corrected chi connectivity index (χ4v) is 2.50. The molecule has 2 rings (SSSR count). The van der Waals surface area contributed by atoms with Gasteiger partial charge in [0.05, 0.1) is 6.04 Å². The van der Waals surface area contributed by atoms with Gasteiger partial charge < -0.3 is 9.73 Å². The maximum Gasteiger partial charge on any atom is 0.134 e. The Kier molecular flexibility index (Phi) is 4.45. The molecule has 0 saturated heterocycles. The van der Waals surface area contributed by atoms with E-state index in [1.165, 1.54) is 9.13 Å². The number of aryl methyl sites for hydroxylation is 1. The predicted molar refractivity (Wildman–Crippen MR) is 83.7 cm³/mol. The van der Waals surface area contributed by atoms with Gasteiger partial charge in [0.15, 0.2) is 0 Å². The van der Waals surface area contributed by atoms with E-state index in [1.807, 2.05) is 7.05 Å². The van der Waals surface area contributed by atoms with Gasteiger partial charge in [0.25, 0.3) is 0 Å². The molecule has 0 saturated carbocycles. The molecule has 1 N–H and O–H groups in total. The van der Waals surface area contributed by atoms with Crippen molar-refractivity contribution < 1.29 is 4.42 Å². The minimum absolute atomic E-state index is 0.295. The molecular weight excluding hydrogens is 337 g/mol. The second kappa shape index (κ2) is 5.89. The molecular formula is C15H18INO. The van der Waals surface area contributed by atoms with Crippen molar-refractivity contribution in [2.45, 2.75) is 26.3 Å². The topological polar surface area (TPSA) is 25.2 Å². The van der Waals surface area contributed by atoms with Crippen molar-refractivity contribution in [1.82, 2.24) is 5.32 Å². The lowest BCUT2D eigenvalue weighted by atomic mass is 10.1. The Hall–Kier alpha value is -0.810. The average molecular weight is 355 g/mol. The number of furan rings is 1. The Bertz CT molecular complexity index is 529. The Labute approximate surface area is 122 Å². The number of halogens is 1. The normalized spacial score (nSPS) is 12.7. The summed E-state index contributed by atoms with van der Waals surface area (Å²) in [7, 11) is 1.96. The molecule has 3 heteroatoms. The smallest absolute Gasteiger partial charge is 0.134 e. The molecule has 2 aromatic rings. The SMILES string of the molecule is CCC(NC)c1ccc(-c2ccc(C)c(I)c2)o1. The van der Waals surface area contributed by atoms with E-state index in [0.29, 0.717) is 6.04 Å². The zero-order chi connectivity index (χ0) is 13.1. The maximum atomic E-state index is 5.94. The molecule has 1 aromatic heterocycles. The van der Waals surface area contributed by atoms with Crippen LogP contribution in [0.4, 0.5) is 0 Å². The fraction of sp³-hybridized carbons (Fsp3) is 0.333. The van der Waals surface area contributed by atoms with E-state index < -0.39 is 0 Å². The number of benzene rings is 1. The molecule has 0 amide bonds. The molecule has 0 spiro atoms. The molecule has 0 bridgehead atoms. The first-order valence-corrected chi connectivity index (χ1v) is 7.27. The van der Waals surface area contributed by atoms with Crippen molar-refractivity contribution >= 4 is 22.6 Å². The zero-order valence-corrected chi connectivity index (χ0v) is 13.1. The molecule has 0 fully saturated rings.